The monoisotopic (exact) mass is 556 g/mol. The number of benzene rings is 1. The molecule has 39 heavy (non-hydrogen) atoms. The molecule has 0 spiro atoms. The lowest BCUT2D eigenvalue weighted by Gasteiger charge is -2.33. The van der Waals surface area contributed by atoms with Crippen LogP contribution in [0.1, 0.15) is 12.8 Å². The zero-order chi connectivity index (χ0) is 27.0. The number of aldehydes is 1. The third-order valence-corrected chi connectivity index (χ3v) is 7.22. The van der Waals surface area contributed by atoms with Crippen LogP contribution in [-0.4, -0.2) is 103 Å². The fourth-order valence-corrected chi connectivity index (χ4v) is 4.87. The normalized spacial score (nSPS) is 17.2. The average Bonchev–Trinajstić information content (AvgIpc) is 2.96. The maximum Gasteiger partial charge on any atom is 0.152 e. The Bertz CT molecular complexity index is 1270. The number of hydrogen-bond donors (Lipinski definition) is 1. The average molecular weight is 557 g/mol. The number of piperazine rings is 1. The van der Waals surface area contributed by atoms with E-state index in [1.807, 2.05) is 12.1 Å². The van der Waals surface area contributed by atoms with Gasteiger partial charge in [0.15, 0.2) is 5.15 Å². The molecular formula is C27H33ClN6O5. The lowest BCUT2D eigenvalue weighted by molar-refractivity contribution is -0.109. The molecule has 0 saturated carbocycles. The number of nitrogens with zero attached hydrogens (tertiary/aromatic N) is 5. The van der Waals surface area contributed by atoms with Gasteiger partial charge in [0.05, 0.1) is 49.7 Å². The summed E-state index contributed by atoms with van der Waals surface area (Å²) in [6.07, 6.45) is 5.61. The summed E-state index contributed by atoms with van der Waals surface area (Å²) in [5.41, 5.74) is 1.24. The van der Waals surface area contributed by atoms with Crippen molar-refractivity contribution in [2.24, 2.45) is 0 Å². The first-order valence-electron chi connectivity index (χ1n) is 13.1. The van der Waals surface area contributed by atoms with Crippen LogP contribution in [0.25, 0.3) is 10.9 Å². The first-order valence-corrected chi connectivity index (χ1v) is 13.5. The van der Waals surface area contributed by atoms with Gasteiger partial charge < -0.3 is 29.1 Å². The molecular weight excluding hydrogens is 524 g/mol. The topological polar surface area (TPSA) is 111 Å². The molecule has 2 aliphatic rings. The number of halogens is 1. The molecule has 4 heterocycles. The number of nitrogens with one attached hydrogen (secondary N) is 1. The van der Waals surface area contributed by atoms with Gasteiger partial charge in [-0.15, -0.1) is 0 Å². The number of methoxy groups -OCH3 is 1. The van der Waals surface area contributed by atoms with Gasteiger partial charge >= 0.3 is 0 Å². The van der Waals surface area contributed by atoms with Crippen LogP contribution in [0.5, 0.6) is 17.2 Å². The molecule has 1 aromatic carbocycles. The summed E-state index contributed by atoms with van der Waals surface area (Å²) in [7, 11) is 1.57. The van der Waals surface area contributed by atoms with Gasteiger partial charge in [0.1, 0.15) is 48.4 Å². The molecule has 0 unspecified atom stereocenters. The molecule has 11 nitrogen and oxygen atoms in total. The van der Waals surface area contributed by atoms with Gasteiger partial charge in [-0.3, -0.25) is 9.80 Å². The van der Waals surface area contributed by atoms with Crippen LogP contribution in [0.2, 0.25) is 5.15 Å². The van der Waals surface area contributed by atoms with Gasteiger partial charge in [-0.2, -0.15) is 0 Å². The number of carbonyl (C=O) groups is 1. The van der Waals surface area contributed by atoms with Crippen molar-refractivity contribution in [3.05, 3.63) is 35.9 Å². The molecule has 0 bridgehead atoms. The van der Waals surface area contributed by atoms with Gasteiger partial charge in [0.2, 0.25) is 0 Å². The quantitative estimate of drug-likeness (QED) is 0.277. The third-order valence-electron chi connectivity index (χ3n) is 6.91. The standard InChI is InChI=1S/C27H33ClN6O5/c1-36-21-15-23(26(28)29-17-21)32-27-25-22(30-18-31-27)14-20(16-24(25)39-19-2-11-37-12-3-19)38-13-9-34-6-4-33(5-7-34)8-10-35/h10,14-19H,2-9,11-13H2,1H3,(H,30,31,32). The van der Waals surface area contributed by atoms with Crippen LogP contribution in [0.15, 0.2) is 30.7 Å². The van der Waals surface area contributed by atoms with Crippen LogP contribution in [0.3, 0.4) is 0 Å². The summed E-state index contributed by atoms with van der Waals surface area (Å²) in [6.45, 7) is 6.73. The second kappa shape index (κ2) is 13.2. The van der Waals surface area contributed by atoms with Crippen molar-refractivity contribution in [3.63, 3.8) is 0 Å². The molecule has 5 rings (SSSR count). The second-order valence-corrected chi connectivity index (χ2v) is 9.82. The minimum Gasteiger partial charge on any atom is -0.495 e. The summed E-state index contributed by atoms with van der Waals surface area (Å²) < 4.78 is 23.5. The molecule has 2 aromatic heterocycles. The van der Waals surface area contributed by atoms with Crippen molar-refractivity contribution >= 4 is 40.3 Å². The van der Waals surface area contributed by atoms with Crippen molar-refractivity contribution in [2.75, 3.05) is 71.5 Å². The summed E-state index contributed by atoms with van der Waals surface area (Å²) in [6, 6.07) is 5.56. The highest BCUT2D eigenvalue weighted by Crippen LogP contribution is 2.38. The highest BCUT2D eigenvalue weighted by atomic mass is 35.5. The number of aromatic nitrogens is 3. The summed E-state index contributed by atoms with van der Waals surface area (Å²) in [5, 5.41) is 4.30. The predicted molar refractivity (Wildman–Crippen MR) is 148 cm³/mol. The zero-order valence-electron chi connectivity index (χ0n) is 22.0. The highest BCUT2D eigenvalue weighted by Gasteiger charge is 2.21. The minimum atomic E-state index is 0.00925. The number of pyridine rings is 1. The summed E-state index contributed by atoms with van der Waals surface area (Å²) in [4.78, 5) is 28.5. The smallest absolute Gasteiger partial charge is 0.152 e. The number of anilines is 2. The number of fused-ring (bicyclic) bond motifs is 1. The number of hydrogen-bond acceptors (Lipinski definition) is 11. The molecule has 208 valence electrons. The lowest BCUT2D eigenvalue weighted by Crippen LogP contribution is -2.47. The maximum atomic E-state index is 10.8. The summed E-state index contributed by atoms with van der Waals surface area (Å²) in [5.74, 6) is 2.42. The van der Waals surface area contributed by atoms with E-state index in [9.17, 15) is 4.79 Å². The Balaban J connectivity index is 1.37. The van der Waals surface area contributed by atoms with Gasteiger partial charge in [-0.05, 0) is 0 Å². The molecule has 2 aliphatic heterocycles. The Kier molecular flexibility index (Phi) is 9.25. The van der Waals surface area contributed by atoms with Crippen molar-refractivity contribution < 1.29 is 23.7 Å². The van der Waals surface area contributed by atoms with E-state index in [0.29, 0.717) is 65.8 Å². The van der Waals surface area contributed by atoms with Crippen molar-refractivity contribution in [1.29, 1.82) is 0 Å². The van der Waals surface area contributed by atoms with E-state index in [0.717, 1.165) is 57.2 Å². The number of ether oxygens (including phenoxy) is 4. The Morgan fingerprint density at radius 2 is 1.87 bits per heavy atom. The van der Waals surface area contributed by atoms with Crippen LogP contribution < -0.4 is 19.5 Å². The van der Waals surface area contributed by atoms with Crippen molar-refractivity contribution in [2.45, 2.75) is 18.9 Å². The molecule has 12 heteroatoms. The van der Waals surface area contributed by atoms with Crippen LogP contribution in [0, 0.1) is 0 Å². The van der Waals surface area contributed by atoms with E-state index < -0.39 is 0 Å². The molecule has 3 aromatic rings. The van der Waals surface area contributed by atoms with Crippen LogP contribution in [0.4, 0.5) is 11.5 Å². The van der Waals surface area contributed by atoms with E-state index in [4.69, 9.17) is 30.5 Å². The van der Waals surface area contributed by atoms with Gasteiger partial charge in [0.25, 0.3) is 0 Å². The van der Waals surface area contributed by atoms with Crippen molar-refractivity contribution in [1.82, 2.24) is 24.8 Å². The Morgan fingerprint density at radius 3 is 2.64 bits per heavy atom. The molecule has 0 amide bonds. The van der Waals surface area contributed by atoms with Gasteiger partial charge in [0, 0.05) is 63.8 Å². The third kappa shape index (κ3) is 7.04. The largest absolute Gasteiger partial charge is 0.495 e. The van der Waals surface area contributed by atoms with E-state index in [1.54, 1.807) is 19.4 Å². The Hall–Kier alpha value is -3.25. The predicted octanol–water partition coefficient (Wildman–Crippen LogP) is 3.18. The molecule has 1 N–H and O–H groups in total. The molecule has 0 radical (unpaired) electrons. The lowest BCUT2D eigenvalue weighted by atomic mass is 10.1. The Labute approximate surface area is 232 Å². The van der Waals surface area contributed by atoms with Gasteiger partial charge in [-0.1, -0.05) is 11.6 Å². The van der Waals surface area contributed by atoms with Crippen molar-refractivity contribution in [3.8, 4) is 17.2 Å². The molecule has 0 aliphatic carbocycles. The second-order valence-electron chi connectivity index (χ2n) is 9.46. The Morgan fingerprint density at radius 1 is 1.08 bits per heavy atom. The molecule has 2 fully saturated rings. The molecule has 0 atom stereocenters. The van der Waals surface area contributed by atoms with E-state index >= 15 is 0 Å². The maximum absolute atomic E-state index is 10.8. The fourth-order valence-electron chi connectivity index (χ4n) is 4.72. The summed E-state index contributed by atoms with van der Waals surface area (Å²) >= 11 is 6.36. The van der Waals surface area contributed by atoms with E-state index in [2.05, 4.69) is 30.1 Å². The number of carbonyl (C=O) groups excluding carboxylic acids is 1. The zero-order valence-corrected chi connectivity index (χ0v) is 22.7. The van der Waals surface area contributed by atoms with Crippen LogP contribution >= 0.6 is 11.6 Å². The SMILES string of the molecule is COc1cnc(Cl)c(Nc2ncnc3cc(OCCN4CCN(CC=O)CC4)cc(OC4CCOCC4)c23)c1. The minimum absolute atomic E-state index is 0.00925. The first kappa shape index (κ1) is 27.3. The number of rotatable bonds is 11. The molecule has 2 saturated heterocycles. The first-order chi connectivity index (χ1) is 19.1. The highest BCUT2D eigenvalue weighted by molar-refractivity contribution is 6.32. The van der Waals surface area contributed by atoms with E-state index in [1.165, 1.54) is 6.33 Å². The van der Waals surface area contributed by atoms with E-state index in [-0.39, 0.29) is 6.10 Å². The fraction of sp³-hybridized carbons (Fsp3) is 0.481. The van der Waals surface area contributed by atoms with Crippen LogP contribution in [-0.2, 0) is 9.53 Å². The van der Waals surface area contributed by atoms with Gasteiger partial charge in [-0.25, -0.2) is 15.0 Å².